The van der Waals surface area contributed by atoms with E-state index >= 15 is 4.39 Å². The van der Waals surface area contributed by atoms with E-state index in [4.69, 9.17) is 0 Å². The first-order chi connectivity index (χ1) is 13.0. The Bertz CT molecular complexity index is 805. The molecule has 4 aliphatic rings. The maximum atomic E-state index is 16.9. The Morgan fingerprint density at radius 3 is 2.64 bits per heavy atom. The van der Waals surface area contributed by atoms with Crippen molar-refractivity contribution < 1.29 is 29.3 Å². The quantitative estimate of drug-likeness (QED) is 0.667. The van der Waals surface area contributed by atoms with Crippen LogP contribution in [-0.4, -0.2) is 50.9 Å². The number of rotatable bonds is 2. The standard InChI is InChI=1S/C22H29FO5/c1-12-8-16-15-5-4-13-9-14(25)6-7-19(13,2)21(15,23)17(26)10-20(16,3)22(12,28)18(27)11-24/h6-7,9,12,15-17,24,26,28H,4-5,8,10-11H2,1-3H3/t12-,15?,16+,17?,19?,20?,21+,22+/m1/s1. The molecule has 0 aliphatic heterocycles. The summed E-state index contributed by atoms with van der Waals surface area (Å²) >= 11 is 0. The average Bonchev–Trinajstić information content (AvgIpc) is 2.84. The number of Topliss-reactive ketones (excluding diaryl/α,β-unsaturated/α-hetero) is 1. The van der Waals surface area contributed by atoms with E-state index in [1.54, 1.807) is 26.8 Å². The number of ketones is 2. The van der Waals surface area contributed by atoms with E-state index < -0.39 is 52.4 Å². The second kappa shape index (κ2) is 5.83. The average molecular weight is 392 g/mol. The largest absolute Gasteiger partial charge is 0.390 e. The van der Waals surface area contributed by atoms with Crippen LogP contribution in [0.25, 0.3) is 0 Å². The van der Waals surface area contributed by atoms with Crippen LogP contribution in [-0.2, 0) is 9.59 Å². The number of allylic oxidation sites excluding steroid dienone is 4. The Hall–Kier alpha value is -1.37. The summed E-state index contributed by atoms with van der Waals surface area (Å²) in [4.78, 5) is 24.4. The molecule has 0 heterocycles. The molecule has 0 amide bonds. The summed E-state index contributed by atoms with van der Waals surface area (Å²) in [5.74, 6) is -2.12. The van der Waals surface area contributed by atoms with Crippen LogP contribution in [0, 0.1) is 28.6 Å². The van der Waals surface area contributed by atoms with Gasteiger partial charge in [-0.15, -0.1) is 0 Å². The summed E-state index contributed by atoms with van der Waals surface area (Å²) in [5, 5.41) is 32.0. The van der Waals surface area contributed by atoms with E-state index in [-0.39, 0.29) is 18.1 Å². The van der Waals surface area contributed by atoms with Crippen molar-refractivity contribution in [3.63, 3.8) is 0 Å². The molecule has 3 fully saturated rings. The zero-order valence-electron chi connectivity index (χ0n) is 16.6. The molecule has 0 saturated heterocycles. The molecule has 0 aromatic rings. The Balaban J connectivity index is 1.84. The summed E-state index contributed by atoms with van der Waals surface area (Å²) in [6.45, 7) is 4.48. The zero-order chi connectivity index (χ0) is 20.7. The lowest BCUT2D eigenvalue weighted by atomic mass is 9.44. The van der Waals surface area contributed by atoms with Gasteiger partial charge in [0.2, 0.25) is 0 Å². The third-order valence-electron chi connectivity index (χ3n) is 8.79. The van der Waals surface area contributed by atoms with Crippen LogP contribution in [0.3, 0.4) is 0 Å². The Labute approximate surface area is 164 Å². The number of carbonyl (C=O) groups excluding carboxylic acids is 2. The third-order valence-corrected chi connectivity index (χ3v) is 8.79. The fraction of sp³-hybridized carbons (Fsp3) is 0.727. The van der Waals surface area contributed by atoms with Gasteiger partial charge in [-0.25, -0.2) is 4.39 Å². The van der Waals surface area contributed by atoms with Crippen LogP contribution < -0.4 is 0 Å². The summed E-state index contributed by atoms with van der Waals surface area (Å²) in [6, 6.07) is 0. The number of hydrogen-bond donors (Lipinski definition) is 3. The fourth-order valence-electron chi connectivity index (χ4n) is 7.26. The van der Waals surface area contributed by atoms with Crippen molar-refractivity contribution >= 4 is 11.6 Å². The van der Waals surface area contributed by atoms with Crippen LogP contribution in [0.1, 0.15) is 46.5 Å². The van der Waals surface area contributed by atoms with Gasteiger partial charge in [-0.3, -0.25) is 9.59 Å². The first-order valence-electron chi connectivity index (χ1n) is 10.1. The van der Waals surface area contributed by atoms with E-state index in [1.165, 1.54) is 12.2 Å². The SMILES string of the molecule is C[C@@H]1C[C@H]2C3CCC4=CC(=O)C=CC4(C)[C@@]3(F)C(O)CC2(C)[C@@]1(O)C(=O)CO. The molecule has 0 aromatic carbocycles. The molecule has 5 nitrogen and oxygen atoms in total. The highest BCUT2D eigenvalue weighted by Crippen LogP contribution is 2.70. The number of carbonyl (C=O) groups is 2. The molecule has 4 rings (SSSR count). The smallest absolute Gasteiger partial charge is 0.190 e. The highest BCUT2D eigenvalue weighted by molar-refractivity contribution is 6.01. The summed E-state index contributed by atoms with van der Waals surface area (Å²) in [5.41, 5.74) is -5.17. The number of fused-ring (bicyclic) bond motifs is 5. The number of aliphatic hydroxyl groups excluding tert-OH is 2. The Morgan fingerprint density at radius 2 is 2.00 bits per heavy atom. The molecule has 0 aromatic heterocycles. The van der Waals surface area contributed by atoms with Gasteiger partial charge in [0.1, 0.15) is 12.2 Å². The highest BCUT2D eigenvalue weighted by Gasteiger charge is 2.75. The molecule has 3 saturated carbocycles. The number of alkyl halides is 1. The molecular weight excluding hydrogens is 363 g/mol. The van der Waals surface area contributed by atoms with Gasteiger partial charge in [0.15, 0.2) is 17.2 Å². The van der Waals surface area contributed by atoms with E-state index in [9.17, 15) is 24.9 Å². The topological polar surface area (TPSA) is 94.8 Å². The molecule has 3 N–H and O–H groups in total. The van der Waals surface area contributed by atoms with Gasteiger partial charge in [0, 0.05) is 16.7 Å². The van der Waals surface area contributed by atoms with Crippen molar-refractivity contribution in [1.29, 1.82) is 0 Å². The molecule has 6 heteroatoms. The minimum absolute atomic E-state index is 0.0676. The second-order valence-corrected chi connectivity index (χ2v) is 9.75. The van der Waals surface area contributed by atoms with Gasteiger partial charge in [-0.05, 0) is 56.6 Å². The van der Waals surface area contributed by atoms with Crippen molar-refractivity contribution in [3.8, 4) is 0 Å². The Morgan fingerprint density at radius 1 is 1.32 bits per heavy atom. The number of hydrogen-bond acceptors (Lipinski definition) is 5. The van der Waals surface area contributed by atoms with Crippen molar-refractivity contribution in [1.82, 2.24) is 0 Å². The predicted molar refractivity (Wildman–Crippen MR) is 99.9 cm³/mol. The predicted octanol–water partition coefficient (Wildman–Crippen LogP) is 1.90. The minimum atomic E-state index is -1.98. The monoisotopic (exact) mass is 392 g/mol. The van der Waals surface area contributed by atoms with E-state index in [2.05, 4.69) is 0 Å². The van der Waals surface area contributed by atoms with E-state index in [0.29, 0.717) is 24.8 Å². The molecule has 28 heavy (non-hydrogen) atoms. The van der Waals surface area contributed by atoms with Crippen LogP contribution in [0.4, 0.5) is 4.39 Å². The van der Waals surface area contributed by atoms with Crippen molar-refractivity contribution in [2.24, 2.45) is 28.6 Å². The molecule has 0 spiro atoms. The van der Waals surface area contributed by atoms with Gasteiger partial charge < -0.3 is 15.3 Å². The zero-order valence-corrected chi connectivity index (χ0v) is 16.6. The van der Waals surface area contributed by atoms with Crippen LogP contribution in [0.2, 0.25) is 0 Å². The normalized spacial score (nSPS) is 52.5. The van der Waals surface area contributed by atoms with Gasteiger partial charge >= 0.3 is 0 Å². The maximum absolute atomic E-state index is 16.9. The maximum Gasteiger partial charge on any atom is 0.190 e. The van der Waals surface area contributed by atoms with Gasteiger partial charge in [-0.1, -0.05) is 25.5 Å². The fourth-order valence-corrected chi connectivity index (χ4v) is 7.26. The molecule has 4 unspecified atom stereocenters. The van der Waals surface area contributed by atoms with Crippen molar-refractivity contribution in [3.05, 3.63) is 23.8 Å². The lowest BCUT2D eigenvalue weighted by Gasteiger charge is -2.62. The summed E-state index contributed by atoms with van der Waals surface area (Å²) in [6.07, 6.45) is 4.44. The Kier molecular flexibility index (Phi) is 4.15. The van der Waals surface area contributed by atoms with Crippen LogP contribution in [0.5, 0.6) is 0 Å². The third kappa shape index (κ3) is 2.01. The highest BCUT2D eigenvalue weighted by atomic mass is 19.1. The molecule has 4 aliphatic carbocycles. The lowest BCUT2D eigenvalue weighted by molar-refractivity contribution is -0.219. The molecule has 154 valence electrons. The van der Waals surface area contributed by atoms with Crippen LogP contribution in [0.15, 0.2) is 23.8 Å². The molecule has 0 bridgehead atoms. The van der Waals surface area contributed by atoms with Gasteiger partial charge in [-0.2, -0.15) is 0 Å². The first-order valence-corrected chi connectivity index (χ1v) is 10.1. The molecule has 8 atom stereocenters. The summed E-state index contributed by atoms with van der Waals surface area (Å²) < 4.78 is 16.9. The van der Waals surface area contributed by atoms with Crippen molar-refractivity contribution in [2.75, 3.05) is 6.61 Å². The van der Waals surface area contributed by atoms with Crippen molar-refractivity contribution in [2.45, 2.75) is 63.8 Å². The van der Waals surface area contributed by atoms with Crippen LogP contribution >= 0.6 is 0 Å². The lowest BCUT2D eigenvalue weighted by Crippen LogP contribution is -2.69. The first kappa shape index (κ1) is 19.9. The van der Waals surface area contributed by atoms with E-state index in [1.807, 2.05) is 0 Å². The van der Waals surface area contributed by atoms with Gasteiger partial charge in [0.25, 0.3) is 0 Å². The molecular formula is C22H29FO5. The number of halogens is 1. The minimum Gasteiger partial charge on any atom is -0.390 e. The molecule has 0 radical (unpaired) electrons. The second-order valence-electron chi connectivity index (χ2n) is 9.75. The van der Waals surface area contributed by atoms with E-state index in [0.717, 1.165) is 0 Å². The van der Waals surface area contributed by atoms with Gasteiger partial charge in [0.05, 0.1) is 6.10 Å². The number of aliphatic hydroxyl groups is 3. The summed E-state index contributed by atoms with van der Waals surface area (Å²) in [7, 11) is 0.